The van der Waals surface area contributed by atoms with Crippen LogP contribution in [0.4, 0.5) is 0 Å². The molecule has 7 amide bonds. The molecule has 8 aliphatic rings. The van der Waals surface area contributed by atoms with E-state index in [0.29, 0.717) is 18.4 Å². The van der Waals surface area contributed by atoms with E-state index >= 15 is 24.0 Å². The van der Waals surface area contributed by atoms with E-state index in [9.17, 15) is 80.8 Å². The number of amides is 7. The van der Waals surface area contributed by atoms with Gasteiger partial charge in [0.25, 0.3) is 0 Å². The molecule has 0 unspecified atom stereocenters. The van der Waals surface area contributed by atoms with Gasteiger partial charge in [0.1, 0.15) is 131 Å². The first-order valence-corrected chi connectivity index (χ1v) is 39.3. The molecule has 8 aliphatic heterocycles. The fourth-order valence-corrected chi connectivity index (χ4v) is 15.5. The van der Waals surface area contributed by atoms with E-state index in [2.05, 4.69) is 49.5 Å². The average Bonchev–Trinajstić information content (AvgIpc) is 0.753. The van der Waals surface area contributed by atoms with Gasteiger partial charge in [0.2, 0.25) is 59.7 Å². The zero-order chi connectivity index (χ0) is 85.8. The number of rotatable bonds is 18. The Morgan fingerprint density at radius 2 is 1.12 bits per heavy atom. The predicted octanol–water partition coefficient (Wildman–Crippen LogP) is 3.85. The van der Waals surface area contributed by atoms with Gasteiger partial charge in [-0.1, -0.05) is 105 Å². The second kappa shape index (κ2) is 37.1. The minimum absolute atomic E-state index is 0.0793. The minimum Gasteiger partial charge on any atom is -0.508 e. The van der Waals surface area contributed by atoms with Crippen LogP contribution >= 0.6 is 23.2 Å². The number of carbonyl (C=O) groups is 8. The summed E-state index contributed by atoms with van der Waals surface area (Å²) in [6.07, 6.45) is -13.3. The summed E-state index contributed by atoms with van der Waals surface area (Å²) >= 11 is 14.2. The van der Waals surface area contributed by atoms with Gasteiger partial charge in [0, 0.05) is 47.2 Å². The van der Waals surface area contributed by atoms with Crippen LogP contribution in [0.1, 0.15) is 140 Å². The Labute approximate surface area is 693 Å². The van der Waals surface area contributed by atoms with E-state index < -0.39 is 265 Å². The van der Waals surface area contributed by atoms with Crippen molar-refractivity contribution in [1.29, 1.82) is 0 Å². The van der Waals surface area contributed by atoms with Gasteiger partial charge in [-0.05, 0) is 114 Å². The topological polar surface area (TPSA) is 560 Å². The quantitative estimate of drug-likeness (QED) is 0.0543. The molecule has 0 aliphatic carbocycles. The number of phenols is 4. The van der Waals surface area contributed by atoms with Crippen LogP contribution in [-0.4, -0.2) is 207 Å². The number of aliphatic carboxylic acids is 1. The summed E-state index contributed by atoms with van der Waals surface area (Å²) in [6, 6.07) is 5.33. The molecular formula is C82H88Cl2N8O28. The summed E-state index contributed by atoms with van der Waals surface area (Å²) in [6.45, 7) is 0.168. The number of fused-ring (bicyclic) bond motifs is 14. The number of ether oxygens (including phenoxy) is 7. The summed E-state index contributed by atoms with van der Waals surface area (Å²) in [4.78, 5) is 122. The van der Waals surface area contributed by atoms with Crippen LogP contribution in [0.25, 0.3) is 11.1 Å². The first-order valence-electron chi connectivity index (χ1n) is 38.6. The third kappa shape index (κ3) is 18.5. The van der Waals surface area contributed by atoms with Gasteiger partial charge in [0.05, 0.1) is 23.3 Å². The maximum atomic E-state index is 16.7. The molecule has 0 spiro atoms. The SMILES string of the molecule is CCCCCCCCCCC(=O)N[C@H]1[C@H](Oc2c3cc4cc2Oc2ccc(cc2Cl)[C@@H](O)[C@@H]2NC(=O)[C@H](NC(=O)[C@@H]4NC(=O)[C@H]4NC(=O)[C@@H](Cc5ccc(cc5)O3)NC(=O)[C@@H](NC)c3ccc(O)c(c3)Oc3cc(O)c(Cl)c4c3)c3ccc(O)c(c3)-c3c(O[C@H]4O[C@H](CO)[C@@H](O)[C@H](O)[C@@H]4O)cc(O)cc3[C@H](C(=O)O)NC2=O)O[C@H](CO)[C@@H](O)[C@@H]1O. The molecule has 18 atom stereocenters. The van der Waals surface area contributed by atoms with Gasteiger partial charge in [0.15, 0.2) is 29.0 Å². The van der Waals surface area contributed by atoms with Crippen LogP contribution in [0.15, 0.2) is 115 Å². The number of aromatic hydroxyl groups is 4. The Morgan fingerprint density at radius 1 is 0.517 bits per heavy atom. The van der Waals surface area contributed by atoms with E-state index in [0.717, 1.165) is 111 Å². The molecule has 36 nitrogen and oxygen atoms in total. The van der Waals surface area contributed by atoms with Crippen molar-refractivity contribution in [1.82, 2.24) is 42.5 Å². The van der Waals surface area contributed by atoms with Crippen molar-refractivity contribution in [3.05, 3.63) is 164 Å². The standard InChI is InChI=1S/C82H88Cl2N8O28/c1-3-4-5-6-7-8-9-10-11-57(99)87-66-70(103)68(101)55(32-93)118-81(66)120-73-53-26-38-27-54(73)116-50-21-16-37(24-45(50)83)67(100)65-79(111)91-64(80(112)113)43-28-39(95)29-52(117-82-72(105)71(104)69(102)56(33-94)119-82)58(43)42-23-35(14-19-47(42)96)61(76(108)92-65)88-77(109)62(38)89-78(110)63-44-30-41(31-49(98)59(44)84)115-51-25-36(15-20-48(51)97)60(85-2)75(107)86-46(74(106)90-63)22-34-12-17-40(114-53)18-13-34/h12-21,23-31,46,55-56,60-72,81-82,85,93-98,100-105H,3-11,22,32-33H2,1-2H3,(H,86,107)(H,87,99)(H,88,109)(H,89,110)(H,90,106)(H,91,111)(H,92,108)(H,112,113)/t46-,55-,56-,60+,61-,62-,63+,64-,65+,66-,67-,68-,69-,70-,71+,72+,81+,82+/m1/s1. The summed E-state index contributed by atoms with van der Waals surface area (Å²) in [5.74, 6) is -16.9. The van der Waals surface area contributed by atoms with Gasteiger partial charge < -0.3 is 142 Å². The molecule has 7 aromatic carbocycles. The Morgan fingerprint density at radius 3 is 1.81 bits per heavy atom. The number of carboxylic acids is 1. The maximum absolute atomic E-state index is 16.7. The highest BCUT2D eigenvalue weighted by atomic mass is 35.5. The second-order valence-corrected chi connectivity index (χ2v) is 30.5. The summed E-state index contributed by atoms with van der Waals surface area (Å²) in [5.41, 5.74) is -3.05. The van der Waals surface area contributed by atoms with E-state index in [-0.39, 0.29) is 41.2 Å². The third-order valence-electron chi connectivity index (χ3n) is 21.5. The lowest BCUT2D eigenvalue weighted by Gasteiger charge is -2.42. The minimum atomic E-state index is -2.42. The molecule has 638 valence electrons. The lowest BCUT2D eigenvalue weighted by molar-refractivity contribution is -0.277. The molecule has 7 aromatic rings. The molecule has 15 rings (SSSR count). The van der Waals surface area contributed by atoms with E-state index in [1.54, 1.807) is 0 Å². The van der Waals surface area contributed by atoms with Crippen molar-refractivity contribution in [3.63, 3.8) is 0 Å². The van der Waals surface area contributed by atoms with Crippen LogP contribution < -0.4 is 66.2 Å². The second-order valence-electron chi connectivity index (χ2n) is 29.7. The fraction of sp³-hybridized carbons (Fsp3) is 0.390. The summed E-state index contributed by atoms with van der Waals surface area (Å²) in [5, 5.41) is 168. The summed E-state index contributed by atoms with van der Waals surface area (Å²) in [7, 11) is 1.43. The van der Waals surface area contributed by atoms with Crippen LogP contribution in [0.2, 0.25) is 10.0 Å². The Balaban J connectivity index is 1.04. The molecule has 0 saturated carbocycles. The highest BCUT2D eigenvalue weighted by molar-refractivity contribution is 6.33. The highest BCUT2D eigenvalue weighted by Gasteiger charge is 2.50. The van der Waals surface area contributed by atoms with Gasteiger partial charge in [-0.3, -0.25) is 33.6 Å². The number of carbonyl (C=O) groups excluding carboxylic acids is 7. The van der Waals surface area contributed by atoms with Crippen molar-refractivity contribution in [3.8, 4) is 80.1 Å². The molecule has 2 saturated heterocycles. The molecule has 21 N–H and O–H groups in total. The van der Waals surface area contributed by atoms with E-state index in [4.69, 9.17) is 56.4 Å². The first-order chi connectivity index (χ1) is 57.4. The number of unbranched alkanes of at least 4 members (excludes halogenated alkanes) is 7. The number of hydrogen-bond acceptors (Lipinski definition) is 28. The predicted molar refractivity (Wildman–Crippen MR) is 418 cm³/mol. The van der Waals surface area contributed by atoms with Gasteiger partial charge >= 0.3 is 5.97 Å². The van der Waals surface area contributed by atoms with Crippen molar-refractivity contribution in [2.45, 2.75) is 181 Å². The van der Waals surface area contributed by atoms with Gasteiger partial charge in [-0.15, -0.1) is 0 Å². The molecular weight excluding hydrogens is 1620 g/mol. The number of phenolic OH excluding ortho intramolecular Hbond substituents is 4. The first kappa shape index (κ1) is 86.5. The Hall–Kier alpha value is -11.4. The van der Waals surface area contributed by atoms with Gasteiger partial charge in [-0.25, -0.2) is 4.79 Å². The number of carboxylic acid groups (broad SMARTS) is 1. The van der Waals surface area contributed by atoms with Crippen molar-refractivity contribution in [2.24, 2.45) is 0 Å². The largest absolute Gasteiger partial charge is 0.508 e. The van der Waals surface area contributed by atoms with Crippen LogP contribution in [0, 0.1) is 0 Å². The number of aliphatic hydroxyl groups is 8. The molecule has 120 heavy (non-hydrogen) atoms. The number of nitrogens with one attached hydrogen (secondary N) is 8. The zero-order valence-corrected chi connectivity index (χ0v) is 65.6. The molecule has 17 bridgehead atoms. The highest BCUT2D eigenvalue weighted by Crippen LogP contribution is 2.50. The molecule has 8 heterocycles. The molecule has 0 radical (unpaired) electrons. The molecule has 38 heteroatoms. The van der Waals surface area contributed by atoms with Crippen LogP contribution in [0.5, 0.6) is 69.0 Å². The maximum Gasteiger partial charge on any atom is 0.330 e. The summed E-state index contributed by atoms with van der Waals surface area (Å²) < 4.78 is 44.4. The van der Waals surface area contributed by atoms with Crippen molar-refractivity contribution < 1.29 is 138 Å². The van der Waals surface area contributed by atoms with Gasteiger partial charge in [-0.2, -0.15) is 0 Å². The number of aliphatic hydroxyl groups excluding tert-OH is 8. The van der Waals surface area contributed by atoms with Crippen LogP contribution in [0.3, 0.4) is 0 Å². The fourth-order valence-electron chi connectivity index (χ4n) is 15.1. The molecule has 2 fully saturated rings. The average molecular weight is 1700 g/mol. The smallest absolute Gasteiger partial charge is 0.330 e. The zero-order valence-electron chi connectivity index (χ0n) is 64.0. The number of halogens is 2. The number of likely N-dealkylation sites (N-methyl/N-ethyl adjacent to an activating group) is 1. The lowest BCUT2D eigenvalue weighted by Crippen LogP contribution is -2.65. The molecule has 0 aromatic heterocycles. The normalized spacial score (nSPS) is 26.7. The number of benzene rings is 7. The third-order valence-corrected chi connectivity index (χ3v) is 22.2. The van der Waals surface area contributed by atoms with E-state index in [1.165, 1.54) is 49.5 Å². The monoisotopic (exact) mass is 1700 g/mol. The van der Waals surface area contributed by atoms with Crippen LogP contribution in [-0.2, 0) is 54.3 Å². The Bertz CT molecular complexity index is 5060. The lowest BCUT2D eigenvalue weighted by atomic mass is 9.89. The Kier molecular flexibility index (Phi) is 26.7. The number of hydrogen-bond donors (Lipinski definition) is 21. The van der Waals surface area contributed by atoms with Crippen molar-refractivity contribution in [2.75, 3.05) is 20.3 Å². The van der Waals surface area contributed by atoms with Crippen molar-refractivity contribution >= 4 is 70.5 Å². The van der Waals surface area contributed by atoms with E-state index in [1.807, 2.05) is 0 Å².